The molecule has 1 nitrogen and oxygen atoms in total. The Balaban J connectivity index is 2.45. The SMILES string of the molecule is CCS1=CC=NC1. The largest absolute Gasteiger partial charge is 0.282 e. The number of hydrogen-bond donors (Lipinski definition) is 0. The van der Waals surface area contributed by atoms with Crippen molar-refractivity contribution in [2.24, 2.45) is 4.99 Å². The van der Waals surface area contributed by atoms with E-state index in [9.17, 15) is 0 Å². The molecule has 0 fully saturated rings. The molecule has 0 aromatic carbocycles. The highest BCUT2D eigenvalue weighted by Gasteiger charge is 1.90. The third kappa shape index (κ3) is 1.13. The van der Waals surface area contributed by atoms with Crippen LogP contribution in [0.3, 0.4) is 0 Å². The molecule has 0 aliphatic carbocycles. The molecule has 1 rings (SSSR count). The Hall–Kier alpha value is -0.110. The van der Waals surface area contributed by atoms with Crippen molar-refractivity contribution < 1.29 is 0 Å². The number of rotatable bonds is 1. The molecular formula is C5H9NS. The van der Waals surface area contributed by atoms with Crippen molar-refractivity contribution in [2.75, 3.05) is 11.6 Å². The van der Waals surface area contributed by atoms with Gasteiger partial charge >= 0.3 is 0 Å². The van der Waals surface area contributed by atoms with E-state index in [-0.39, 0.29) is 0 Å². The molecule has 1 aliphatic heterocycles. The molecule has 0 aromatic rings. The maximum atomic E-state index is 4.07. The smallest absolute Gasteiger partial charge is 0.0797 e. The first-order chi connectivity index (χ1) is 3.43. The first kappa shape index (κ1) is 5.04. The van der Waals surface area contributed by atoms with E-state index in [1.807, 2.05) is 6.21 Å². The second-order valence-corrected chi connectivity index (χ2v) is 3.61. The summed E-state index contributed by atoms with van der Waals surface area (Å²) in [5, 5.41) is 2.19. The summed E-state index contributed by atoms with van der Waals surface area (Å²) >= 11 is 0. The van der Waals surface area contributed by atoms with Crippen molar-refractivity contribution in [1.29, 1.82) is 0 Å². The highest BCUT2D eigenvalue weighted by atomic mass is 32.2. The molecule has 2 heteroatoms. The van der Waals surface area contributed by atoms with E-state index in [0.717, 1.165) is 5.88 Å². The van der Waals surface area contributed by atoms with Gasteiger partial charge in [0.05, 0.1) is 5.88 Å². The third-order valence-electron chi connectivity index (χ3n) is 0.970. The summed E-state index contributed by atoms with van der Waals surface area (Å²) in [5.41, 5.74) is 0. The van der Waals surface area contributed by atoms with Gasteiger partial charge in [0.1, 0.15) is 0 Å². The lowest BCUT2D eigenvalue weighted by Crippen LogP contribution is -1.73. The van der Waals surface area contributed by atoms with Crippen LogP contribution in [-0.2, 0) is 0 Å². The molecule has 0 bridgehead atoms. The monoisotopic (exact) mass is 115 g/mol. The van der Waals surface area contributed by atoms with E-state index in [0.29, 0.717) is 10.5 Å². The van der Waals surface area contributed by atoms with Crippen molar-refractivity contribution in [3.05, 3.63) is 0 Å². The first-order valence-electron chi connectivity index (χ1n) is 2.43. The highest BCUT2D eigenvalue weighted by molar-refractivity contribution is 8.16. The van der Waals surface area contributed by atoms with Gasteiger partial charge in [-0.3, -0.25) is 4.99 Å². The maximum Gasteiger partial charge on any atom is 0.0797 e. The van der Waals surface area contributed by atoms with Crippen molar-refractivity contribution in [1.82, 2.24) is 0 Å². The van der Waals surface area contributed by atoms with Gasteiger partial charge in [-0.1, -0.05) is 6.92 Å². The number of nitrogens with zero attached hydrogens (tertiary/aromatic N) is 1. The summed E-state index contributed by atoms with van der Waals surface area (Å²) < 4.78 is 0. The molecule has 0 saturated heterocycles. The second kappa shape index (κ2) is 2.26. The van der Waals surface area contributed by atoms with E-state index in [1.54, 1.807) is 0 Å². The molecule has 40 valence electrons. The van der Waals surface area contributed by atoms with Crippen LogP contribution in [0.1, 0.15) is 6.92 Å². The Kier molecular flexibility index (Phi) is 1.63. The maximum absolute atomic E-state index is 4.07. The molecular weight excluding hydrogens is 106 g/mol. The van der Waals surface area contributed by atoms with E-state index in [2.05, 4.69) is 17.3 Å². The minimum absolute atomic E-state index is 0.519. The highest BCUT2D eigenvalue weighted by Crippen LogP contribution is 2.12. The van der Waals surface area contributed by atoms with Crippen molar-refractivity contribution in [3.63, 3.8) is 0 Å². The molecule has 1 aliphatic rings. The van der Waals surface area contributed by atoms with Crippen LogP contribution < -0.4 is 0 Å². The third-order valence-corrected chi connectivity index (χ3v) is 2.70. The van der Waals surface area contributed by atoms with Gasteiger partial charge in [-0.05, 0) is 11.1 Å². The molecule has 7 heavy (non-hydrogen) atoms. The summed E-state index contributed by atoms with van der Waals surface area (Å²) in [7, 11) is 0.519. The van der Waals surface area contributed by atoms with Gasteiger partial charge in [0.25, 0.3) is 0 Å². The van der Waals surface area contributed by atoms with Crippen molar-refractivity contribution >= 4 is 22.1 Å². The predicted octanol–water partition coefficient (Wildman–Crippen LogP) is 1.12. The first-order valence-corrected chi connectivity index (χ1v) is 4.05. The average molecular weight is 115 g/mol. The summed E-state index contributed by atoms with van der Waals surface area (Å²) in [6.45, 7) is 2.20. The molecule has 0 aromatic heterocycles. The van der Waals surface area contributed by atoms with Gasteiger partial charge in [0.15, 0.2) is 0 Å². The van der Waals surface area contributed by atoms with Crippen LogP contribution in [0, 0.1) is 0 Å². The molecule has 1 unspecified atom stereocenters. The lowest BCUT2D eigenvalue weighted by molar-refractivity contribution is 1.39. The van der Waals surface area contributed by atoms with Crippen LogP contribution in [-0.4, -0.2) is 23.2 Å². The fraction of sp³-hybridized carbons (Fsp3) is 0.600. The Morgan fingerprint density at radius 1 is 1.86 bits per heavy atom. The normalized spacial score (nSPS) is 27.9. The summed E-state index contributed by atoms with van der Waals surface area (Å²) in [5.74, 6) is 2.32. The molecule has 0 spiro atoms. The van der Waals surface area contributed by atoms with Gasteiger partial charge < -0.3 is 0 Å². The van der Waals surface area contributed by atoms with Gasteiger partial charge in [-0.2, -0.15) is 10.5 Å². The Morgan fingerprint density at radius 2 is 2.71 bits per heavy atom. The summed E-state index contributed by atoms with van der Waals surface area (Å²) in [4.78, 5) is 4.07. The molecule has 0 N–H and O–H groups in total. The van der Waals surface area contributed by atoms with E-state index in [4.69, 9.17) is 0 Å². The minimum Gasteiger partial charge on any atom is -0.282 e. The van der Waals surface area contributed by atoms with E-state index < -0.39 is 0 Å². The zero-order valence-corrected chi connectivity index (χ0v) is 5.24. The fourth-order valence-electron chi connectivity index (χ4n) is 0.498. The lowest BCUT2D eigenvalue weighted by atomic mass is 10.9. The number of aliphatic imine (C=N–C) groups is 1. The van der Waals surface area contributed by atoms with Crippen LogP contribution in [0.15, 0.2) is 4.99 Å². The van der Waals surface area contributed by atoms with Gasteiger partial charge in [-0.15, -0.1) is 0 Å². The zero-order valence-electron chi connectivity index (χ0n) is 4.42. The molecule has 1 heterocycles. The van der Waals surface area contributed by atoms with Crippen LogP contribution in [0.25, 0.3) is 0 Å². The van der Waals surface area contributed by atoms with Gasteiger partial charge in [0.2, 0.25) is 0 Å². The number of hydrogen-bond acceptors (Lipinski definition) is 1. The topological polar surface area (TPSA) is 12.4 Å². The van der Waals surface area contributed by atoms with Crippen LogP contribution in [0.5, 0.6) is 0 Å². The average Bonchev–Trinajstić information content (AvgIpc) is 2.14. The van der Waals surface area contributed by atoms with E-state index in [1.165, 1.54) is 5.75 Å². The van der Waals surface area contributed by atoms with Crippen LogP contribution >= 0.6 is 10.5 Å². The molecule has 1 atom stereocenters. The summed E-state index contributed by atoms with van der Waals surface area (Å²) in [6.07, 6.45) is 1.92. The molecule has 0 saturated carbocycles. The van der Waals surface area contributed by atoms with Crippen molar-refractivity contribution in [3.8, 4) is 0 Å². The predicted molar refractivity (Wildman–Crippen MR) is 37.6 cm³/mol. The van der Waals surface area contributed by atoms with Crippen molar-refractivity contribution in [2.45, 2.75) is 6.92 Å². The fourth-order valence-corrected chi connectivity index (χ4v) is 1.50. The summed E-state index contributed by atoms with van der Waals surface area (Å²) in [6, 6.07) is 0. The minimum atomic E-state index is 0.519. The van der Waals surface area contributed by atoms with Crippen LogP contribution in [0.2, 0.25) is 0 Å². The van der Waals surface area contributed by atoms with Gasteiger partial charge in [0, 0.05) is 6.21 Å². The quantitative estimate of drug-likeness (QED) is 0.454. The Morgan fingerprint density at radius 3 is 3.00 bits per heavy atom. The Bertz CT molecular complexity index is 115. The second-order valence-electron chi connectivity index (χ2n) is 1.42. The Labute approximate surface area is 46.4 Å². The molecule has 0 radical (unpaired) electrons. The van der Waals surface area contributed by atoms with Gasteiger partial charge in [-0.25, -0.2) is 0 Å². The molecule has 0 amide bonds. The lowest BCUT2D eigenvalue weighted by Gasteiger charge is -1.90. The zero-order chi connectivity index (χ0) is 5.11. The standard InChI is InChI=1S/C5H9NS/c1-2-7-4-3-6-5-7/h3-4H,2,5H2,1H3. The van der Waals surface area contributed by atoms with Crippen LogP contribution in [0.4, 0.5) is 0 Å². The van der Waals surface area contributed by atoms with E-state index >= 15 is 0 Å².